The van der Waals surface area contributed by atoms with E-state index < -0.39 is 11.6 Å². The molecule has 42 heavy (non-hydrogen) atoms. The average molecular weight is 575 g/mol. The van der Waals surface area contributed by atoms with Crippen molar-refractivity contribution in [1.82, 2.24) is 0 Å². The lowest BCUT2D eigenvalue weighted by Crippen LogP contribution is -2.15. The molecule has 3 aromatic rings. The summed E-state index contributed by atoms with van der Waals surface area (Å²) in [7, 11) is 0. The van der Waals surface area contributed by atoms with Crippen LogP contribution in [0.5, 0.6) is 17.2 Å². The van der Waals surface area contributed by atoms with Gasteiger partial charge in [0.05, 0.1) is 17.6 Å². The maximum atomic E-state index is 13.2. The quantitative estimate of drug-likeness (QED) is 0.0652. The second-order valence-electron chi connectivity index (χ2n) is 10.9. The molecule has 0 aliphatic heterocycles. The highest BCUT2D eigenvalue weighted by Gasteiger charge is 2.23. The van der Waals surface area contributed by atoms with Gasteiger partial charge in [0, 0.05) is 0 Å². The van der Waals surface area contributed by atoms with Crippen LogP contribution in [0, 0.1) is 0 Å². The monoisotopic (exact) mass is 574 g/mol. The number of esters is 1. The van der Waals surface area contributed by atoms with E-state index in [1.165, 1.54) is 44.1 Å². The summed E-state index contributed by atoms with van der Waals surface area (Å²) in [4.78, 5) is 26.3. The first-order valence-corrected chi connectivity index (χ1v) is 15.3. The first-order chi connectivity index (χ1) is 20.4. The molecular weight excluding hydrogens is 528 g/mol. The molecule has 6 heteroatoms. The molecule has 0 aliphatic rings. The number of hydrogen-bond donors (Lipinski definition) is 0. The van der Waals surface area contributed by atoms with Crippen molar-refractivity contribution in [2.45, 2.75) is 91.9 Å². The van der Waals surface area contributed by atoms with Gasteiger partial charge in [-0.25, -0.2) is 9.59 Å². The van der Waals surface area contributed by atoms with Gasteiger partial charge in [0.15, 0.2) is 17.1 Å². The molecule has 0 N–H and O–H groups in total. The number of rotatable bonds is 18. The maximum Gasteiger partial charge on any atom is 0.383 e. The van der Waals surface area contributed by atoms with E-state index in [9.17, 15) is 9.59 Å². The van der Waals surface area contributed by atoms with E-state index in [-0.39, 0.29) is 23.7 Å². The third-order valence-electron chi connectivity index (χ3n) is 7.02. The second-order valence-corrected chi connectivity index (χ2v) is 10.9. The number of para-hydroxylation sites is 1. The Morgan fingerprint density at radius 2 is 1.52 bits per heavy atom. The molecule has 0 unspecified atom stereocenters. The zero-order chi connectivity index (χ0) is 30.2. The van der Waals surface area contributed by atoms with Crippen molar-refractivity contribution in [3.05, 3.63) is 87.8 Å². The molecule has 0 saturated carbocycles. The molecule has 0 amide bonds. The van der Waals surface area contributed by atoms with Gasteiger partial charge < -0.3 is 18.6 Å². The molecule has 1 heterocycles. The number of allylic oxidation sites excluding steroid dienone is 3. The first kappa shape index (κ1) is 32.7. The number of unbranched alkanes of at least 4 members (excludes halogenated alkanes) is 7. The molecule has 0 bridgehead atoms. The van der Waals surface area contributed by atoms with Crippen molar-refractivity contribution in [2.24, 2.45) is 0 Å². The van der Waals surface area contributed by atoms with Crippen molar-refractivity contribution >= 4 is 16.9 Å². The maximum absolute atomic E-state index is 13.2. The predicted octanol–water partition coefficient (Wildman–Crippen LogP) is 9.60. The minimum Gasteiger partial charge on any atom is -0.490 e. The highest BCUT2D eigenvalue weighted by atomic mass is 16.6. The Hall–Kier alpha value is -3.80. The van der Waals surface area contributed by atoms with Crippen molar-refractivity contribution in [3.63, 3.8) is 0 Å². The first-order valence-electron chi connectivity index (χ1n) is 15.3. The largest absolute Gasteiger partial charge is 0.490 e. The summed E-state index contributed by atoms with van der Waals surface area (Å²) >= 11 is 0. The Morgan fingerprint density at radius 3 is 2.24 bits per heavy atom. The lowest BCUT2D eigenvalue weighted by molar-refractivity contribution is 0.0730. The smallest absolute Gasteiger partial charge is 0.383 e. The van der Waals surface area contributed by atoms with E-state index in [0.717, 1.165) is 31.3 Å². The standard InChI is InChI=1S/C36H46O6/c1-5-6-7-8-9-10-11-15-25-39-31-23-17-22-30-32(31)41-36(38)34(40-26-24-28(4)19-16-18-27(2)3)33(30)42-35(37)29-20-13-12-14-21-29/h12-14,17-18,20-24H,5-11,15-16,19,25-26H2,1-4H3. The van der Waals surface area contributed by atoms with Crippen LogP contribution in [-0.4, -0.2) is 19.2 Å². The summed E-state index contributed by atoms with van der Waals surface area (Å²) in [5.41, 5.74) is 2.29. The Labute approximate surface area is 250 Å². The Bertz CT molecular complexity index is 1380. The summed E-state index contributed by atoms with van der Waals surface area (Å²) < 4.78 is 23.5. The molecule has 1 aromatic heterocycles. The molecule has 0 saturated heterocycles. The van der Waals surface area contributed by atoms with Gasteiger partial charge >= 0.3 is 11.6 Å². The zero-order valence-electron chi connectivity index (χ0n) is 25.7. The topological polar surface area (TPSA) is 75.0 Å². The van der Waals surface area contributed by atoms with Crippen LogP contribution >= 0.6 is 0 Å². The van der Waals surface area contributed by atoms with E-state index in [0.29, 0.717) is 23.3 Å². The van der Waals surface area contributed by atoms with E-state index in [1.54, 1.807) is 42.5 Å². The van der Waals surface area contributed by atoms with Crippen LogP contribution in [-0.2, 0) is 0 Å². The number of ether oxygens (including phenoxy) is 3. The van der Waals surface area contributed by atoms with Gasteiger partial charge in [-0.2, -0.15) is 0 Å². The second kappa shape index (κ2) is 17.9. The van der Waals surface area contributed by atoms with Crippen LogP contribution in [0.4, 0.5) is 0 Å². The number of fused-ring (bicyclic) bond motifs is 1. The third kappa shape index (κ3) is 10.6. The highest BCUT2D eigenvalue weighted by molar-refractivity contribution is 5.96. The van der Waals surface area contributed by atoms with Crippen LogP contribution in [0.25, 0.3) is 11.0 Å². The molecule has 226 valence electrons. The lowest BCUT2D eigenvalue weighted by atomic mass is 10.1. The summed E-state index contributed by atoms with van der Waals surface area (Å²) in [6, 6.07) is 13.9. The van der Waals surface area contributed by atoms with E-state index >= 15 is 0 Å². The van der Waals surface area contributed by atoms with Crippen molar-refractivity contribution in [3.8, 4) is 17.2 Å². The van der Waals surface area contributed by atoms with Crippen molar-refractivity contribution in [1.29, 1.82) is 0 Å². The highest BCUT2D eigenvalue weighted by Crippen LogP contribution is 2.37. The molecule has 0 radical (unpaired) electrons. The molecule has 0 fully saturated rings. The van der Waals surface area contributed by atoms with Crippen molar-refractivity contribution in [2.75, 3.05) is 13.2 Å². The molecule has 2 aromatic carbocycles. The normalized spacial score (nSPS) is 11.4. The molecule has 0 spiro atoms. The fraction of sp³-hybridized carbons (Fsp3) is 0.444. The summed E-state index contributed by atoms with van der Waals surface area (Å²) in [5.74, 6) is -0.263. The number of carbonyl (C=O) groups is 1. The van der Waals surface area contributed by atoms with Gasteiger partial charge in [0.2, 0.25) is 5.75 Å². The molecular formula is C36H46O6. The van der Waals surface area contributed by atoms with Gasteiger partial charge in [-0.05, 0) is 70.4 Å². The van der Waals surface area contributed by atoms with E-state index in [2.05, 4.69) is 26.8 Å². The molecule has 0 aliphatic carbocycles. The van der Waals surface area contributed by atoms with Crippen molar-refractivity contribution < 1.29 is 23.4 Å². The van der Waals surface area contributed by atoms with Crippen LogP contribution in [0.2, 0.25) is 0 Å². The van der Waals surface area contributed by atoms with Crippen LogP contribution in [0.3, 0.4) is 0 Å². The van der Waals surface area contributed by atoms with Gasteiger partial charge in [-0.3, -0.25) is 0 Å². The molecule has 0 atom stereocenters. The van der Waals surface area contributed by atoms with E-state index in [1.807, 2.05) is 19.1 Å². The van der Waals surface area contributed by atoms with Gasteiger partial charge in [-0.1, -0.05) is 93.4 Å². The third-order valence-corrected chi connectivity index (χ3v) is 7.02. The summed E-state index contributed by atoms with van der Waals surface area (Å²) in [6.07, 6.45) is 15.5. The van der Waals surface area contributed by atoms with E-state index in [4.69, 9.17) is 18.6 Å². The SMILES string of the molecule is CCCCCCCCCCOc1cccc2c(OC(=O)c3ccccc3)c(OCC=C(C)CCC=C(C)C)c(=O)oc12. The van der Waals surface area contributed by atoms with Gasteiger partial charge in [-0.15, -0.1) is 0 Å². The molecule has 3 rings (SSSR count). The minimum atomic E-state index is -0.725. The van der Waals surface area contributed by atoms with Gasteiger partial charge in [0.1, 0.15) is 6.61 Å². The number of carbonyl (C=O) groups excluding carboxylic acids is 1. The fourth-order valence-electron chi connectivity index (χ4n) is 4.60. The summed E-state index contributed by atoms with van der Waals surface area (Å²) in [5, 5.41) is 0.437. The minimum absolute atomic E-state index is 0.0308. The van der Waals surface area contributed by atoms with Crippen LogP contribution in [0.15, 0.2) is 81.0 Å². The summed E-state index contributed by atoms with van der Waals surface area (Å²) in [6.45, 7) is 9.05. The lowest BCUT2D eigenvalue weighted by Gasteiger charge is -2.14. The zero-order valence-corrected chi connectivity index (χ0v) is 25.7. The van der Waals surface area contributed by atoms with Crippen LogP contribution < -0.4 is 19.8 Å². The predicted molar refractivity (Wildman–Crippen MR) is 170 cm³/mol. The molecule has 6 nitrogen and oxygen atoms in total. The Kier molecular flexibility index (Phi) is 13.9. The number of benzene rings is 2. The van der Waals surface area contributed by atoms with Gasteiger partial charge in [0.25, 0.3) is 0 Å². The fourth-order valence-corrected chi connectivity index (χ4v) is 4.60. The Balaban J connectivity index is 1.79. The van der Waals surface area contributed by atoms with Crippen LogP contribution in [0.1, 0.15) is 102 Å². The average Bonchev–Trinajstić information content (AvgIpc) is 2.98. The number of hydrogen-bond acceptors (Lipinski definition) is 6. The Morgan fingerprint density at radius 1 is 0.810 bits per heavy atom.